The van der Waals surface area contributed by atoms with Crippen LogP contribution < -0.4 is 15.0 Å². The largest absolute Gasteiger partial charge is 0.482 e. The molecule has 26 heavy (non-hydrogen) atoms. The number of carbonyl (C=O) groups excluding carboxylic acids is 2. The summed E-state index contributed by atoms with van der Waals surface area (Å²) >= 11 is 0. The van der Waals surface area contributed by atoms with Crippen LogP contribution in [0.5, 0.6) is 5.75 Å². The third-order valence-electron chi connectivity index (χ3n) is 4.32. The molecular weight excluding hydrogens is 332 g/mol. The van der Waals surface area contributed by atoms with Crippen molar-refractivity contribution in [3.8, 4) is 5.75 Å². The molecule has 6 nitrogen and oxygen atoms in total. The smallest absolute Gasteiger partial charge is 0.286 e. The minimum absolute atomic E-state index is 0.00280. The van der Waals surface area contributed by atoms with Gasteiger partial charge in [0, 0.05) is 6.54 Å². The van der Waals surface area contributed by atoms with Crippen molar-refractivity contribution in [2.24, 2.45) is 0 Å². The number of benzene rings is 1. The molecule has 0 saturated carbocycles. The van der Waals surface area contributed by atoms with Gasteiger partial charge in [-0.1, -0.05) is 38.3 Å². The van der Waals surface area contributed by atoms with Gasteiger partial charge in [0.25, 0.3) is 11.8 Å². The standard InChI is InChI=1S/C20H24N2O4/c1-2-3-4-7-12-21-20(24)18-11-10-15(26-18)13-22-16-8-5-6-9-17(16)25-14-19(22)23/h5-6,8-11H,2-4,7,12-14H2,1H3,(H,21,24). The lowest BCUT2D eigenvalue weighted by molar-refractivity contribution is -0.121. The van der Waals surface area contributed by atoms with Crippen molar-refractivity contribution in [1.29, 1.82) is 0 Å². The Labute approximate surface area is 153 Å². The highest BCUT2D eigenvalue weighted by Crippen LogP contribution is 2.32. The molecule has 2 aromatic rings. The molecule has 0 atom stereocenters. The van der Waals surface area contributed by atoms with E-state index in [9.17, 15) is 9.59 Å². The summed E-state index contributed by atoms with van der Waals surface area (Å²) in [6.07, 6.45) is 4.42. The Morgan fingerprint density at radius 2 is 2.00 bits per heavy atom. The van der Waals surface area contributed by atoms with Crippen LogP contribution in [0.15, 0.2) is 40.8 Å². The lowest BCUT2D eigenvalue weighted by Gasteiger charge is -2.28. The molecular formula is C20H24N2O4. The van der Waals surface area contributed by atoms with Gasteiger partial charge in [-0.15, -0.1) is 0 Å². The van der Waals surface area contributed by atoms with E-state index < -0.39 is 0 Å². The summed E-state index contributed by atoms with van der Waals surface area (Å²) in [5.41, 5.74) is 0.710. The van der Waals surface area contributed by atoms with E-state index >= 15 is 0 Å². The van der Waals surface area contributed by atoms with Crippen molar-refractivity contribution < 1.29 is 18.7 Å². The Morgan fingerprint density at radius 1 is 1.15 bits per heavy atom. The first kappa shape index (κ1) is 18.0. The van der Waals surface area contributed by atoms with Gasteiger partial charge >= 0.3 is 0 Å². The minimum Gasteiger partial charge on any atom is -0.482 e. The molecule has 0 unspecified atom stereocenters. The molecule has 2 heterocycles. The summed E-state index contributed by atoms with van der Waals surface area (Å²) in [5, 5.41) is 2.87. The van der Waals surface area contributed by atoms with Crippen molar-refractivity contribution in [2.75, 3.05) is 18.1 Å². The van der Waals surface area contributed by atoms with E-state index in [1.165, 1.54) is 12.8 Å². The van der Waals surface area contributed by atoms with Crippen LogP contribution >= 0.6 is 0 Å². The predicted octanol–water partition coefficient (Wildman–Crippen LogP) is 3.52. The molecule has 1 aliphatic rings. The molecule has 0 bridgehead atoms. The van der Waals surface area contributed by atoms with Crippen LogP contribution in [0.1, 0.15) is 48.9 Å². The molecule has 1 N–H and O–H groups in total. The van der Waals surface area contributed by atoms with Crippen molar-refractivity contribution in [3.63, 3.8) is 0 Å². The number of rotatable bonds is 8. The Balaban J connectivity index is 1.60. The highest BCUT2D eigenvalue weighted by atomic mass is 16.5. The van der Waals surface area contributed by atoms with E-state index in [4.69, 9.17) is 9.15 Å². The summed E-state index contributed by atoms with van der Waals surface area (Å²) in [5.74, 6) is 1.14. The molecule has 1 aromatic carbocycles. The number of furan rings is 1. The molecule has 2 amide bonds. The number of carbonyl (C=O) groups is 2. The molecule has 0 saturated heterocycles. The number of anilines is 1. The van der Waals surface area contributed by atoms with Crippen LogP contribution in [0.4, 0.5) is 5.69 Å². The number of hydrogen-bond donors (Lipinski definition) is 1. The molecule has 0 radical (unpaired) electrons. The van der Waals surface area contributed by atoms with Crippen molar-refractivity contribution in [3.05, 3.63) is 47.9 Å². The van der Waals surface area contributed by atoms with Crippen molar-refractivity contribution in [1.82, 2.24) is 5.32 Å². The number of nitrogens with one attached hydrogen (secondary N) is 1. The number of nitrogens with zero attached hydrogens (tertiary/aromatic N) is 1. The lowest BCUT2D eigenvalue weighted by atomic mass is 10.2. The summed E-state index contributed by atoms with van der Waals surface area (Å²) in [6, 6.07) is 10.8. The van der Waals surface area contributed by atoms with Crippen LogP contribution in [-0.2, 0) is 11.3 Å². The van der Waals surface area contributed by atoms with E-state index in [0.717, 1.165) is 12.8 Å². The fraction of sp³-hybridized carbons (Fsp3) is 0.400. The first-order valence-corrected chi connectivity index (χ1v) is 9.08. The Kier molecular flexibility index (Phi) is 5.94. The van der Waals surface area contributed by atoms with Gasteiger partial charge in [0.2, 0.25) is 0 Å². The van der Waals surface area contributed by atoms with E-state index in [0.29, 0.717) is 23.7 Å². The minimum atomic E-state index is -0.221. The van der Waals surface area contributed by atoms with Crippen molar-refractivity contribution >= 4 is 17.5 Å². The molecule has 138 valence electrons. The topological polar surface area (TPSA) is 71.8 Å². The molecule has 0 fully saturated rings. The second-order valence-corrected chi connectivity index (χ2v) is 6.32. The van der Waals surface area contributed by atoms with Gasteiger partial charge in [0.15, 0.2) is 12.4 Å². The third kappa shape index (κ3) is 4.25. The van der Waals surface area contributed by atoms with Crippen molar-refractivity contribution in [2.45, 2.75) is 39.2 Å². The van der Waals surface area contributed by atoms with Gasteiger partial charge in [-0.3, -0.25) is 14.5 Å². The highest BCUT2D eigenvalue weighted by Gasteiger charge is 2.26. The molecule has 0 aliphatic carbocycles. The summed E-state index contributed by atoms with van der Waals surface area (Å²) in [4.78, 5) is 26.0. The van der Waals surface area contributed by atoms with Gasteiger partial charge in [-0.2, -0.15) is 0 Å². The highest BCUT2D eigenvalue weighted by molar-refractivity contribution is 5.97. The number of hydrogen-bond acceptors (Lipinski definition) is 4. The molecule has 0 spiro atoms. The van der Waals surface area contributed by atoms with Crippen LogP contribution in [0.3, 0.4) is 0 Å². The maximum absolute atomic E-state index is 12.2. The van der Waals surface area contributed by atoms with Crippen LogP contribution in [-0.4, -0.2) is 25.0 Å². The second-order valence-electron chi connectivity index (χ2n) is 6.32. The monoisotopic (exact) mass is 356 g/mol. The first-order chi connectivity index (χ1) is 12.7. The van der Waals surface area contributed by atoms with Crippen LogP contribution in [0.25, 0.3) is 0 Å². The summed E-state index contributed by atoms with van der Waals surface area (Å²) in [6.45, 7) is 3.07. The summed E-state index contributed by atoms with van der Waals surface area (Å²) < 4.78 is 11.1. The number of unbranched alkanes of at least 4 members (excludes halogenated alkanes) is 3. The molecule has 3 rings (SSSR count). The fourth-order valence-corrected chi connectivity index (χ4v) is 2.91. The van der Waals surface area contributed by atoms with E-state index in [-0.39, 0.29) is 30.7 Å². The Hall–Kier alpha value is -2.76. The van der Waals surface area contributed by atoms with E-state index in [1.54, 1.807) is 17.0 Å². The maximum Gasteiger partial charge on any atom is 0.286 e. The Bertz CT molecular complexity index is 769. The zero-order valence-electron chi connectivity index (χ0n) is 15.0. The zero-order valence-corrected chi connectivity index (χ0v) is 15.0. The van der Waals surface area contributed by atoms with Gasteiger partial charge in [-0.25, -0.2) is 0 Å². The first-order valence-electron chi connectivity index (χ1n) is 9.08. The second kappa shape index (κ2) is 8.56. The normalized spacial score (nSPS) is 13.3. The molecule has 6 heteroatoms. The number of fused-ring (bicyclic) bond motifs is 1. The van der Waals surface area contributed by atoms with Gasteiger partial charge in [0.1, 0.15) is 11.5 Å². The summed E-state index contributed by atoms with van der Waals surface area (Å²) in [7, 11) is 0. The van der Waals surface area contributed by atoms with Crippen LogP contribution in [0.2, 0.25) is 0 Å². The quantitative estimate of drug-likeness (QED) is 0.735. The fourth-order valence-electron chi connectivity index (χ4n) is 2.91. The van der Waals surface area contributed by atoms with E-state index in [2.05, 4.69) is 12.2 Å². The van der Waals surface area contributed by atoms with E-state index in [1.807, 2.05) is 24.3 Å². The average molecular weight is 356 g/mol. The third-order valence-corrected chi connectivity index (χ3v) is 4.32. The van der Waals surface area contributed by atoms with Gasteiger partial charge in [0.05, 0.1) is 12.2 Å². The number of ether oxygens (including phenoxy) is 1. The lowest BCUT2D eigenvalue weighted by Crippen LogP contribution is -2.38. The van der Waals surface area contributed by atoms with Crippen LogP contribution in [0, 0.1) is 0 Å². The maximum atomic E-state index is 12.2. The number of para-hydroxylation sites is 2. The van der Waals surface area contributed by atoms with Gasteiger partial charge < -0.3 is 14.5 Å². The molecule has 1 aromatic heterocycles. The number of amides is 2. The van der Waals surface area contributed by atoms with Gasteiger partial charge in [-0.05, 0) is 30.7 Å². The average Bonchev–Trinajstić information content (AvgIpc) is 3.12. The Morgan fingerprint density at radius 3 is 2.85 bits per heavy atom. The SMILES string of the molecule is CCCCCCNC(=O)c1ccc(CN2C(=O)COc3ccccc32)o1. The zero-order chi connectivity index (χ0) is 18.4. The molecule has 1 aliphatic heterocycles. The predicted molar refractivity (Wildman–Crippen MR) is 98.3 cm³/mol.